The van der Waals surface area contributed by atoms with Gasteiger partial charge >= 0.3 is 7.60 Å². The van der Waals surface area contributed by atoms with Gasteiger partial charge in [-0.3, -0.25) is 18.8 Å². The van der Waals surface area contributed by atoms with E-state index in [9.17, 15) is 9.36 Å². The Labute approximate surface area is 234 Å². The average molecular weight is 571 g/mol. The van der Waals surface area contributed by atoms with E-state index in [4.69, 9.17) is 19.5 Å². The number of rotatable bonds is 11. The number of nitrogen functional groups attached to an aromatic ring is 1. The molecule has 0 atom stereocenters. The third kappa shape index (κ3) is 5.93. The summed E-state index contributed by atoms with van der Waals surface area (Å²) in [6.45, 7) is 6.26. The Morgan fingerprint density at radius 2 is 1.70 bits per heavy atom. The second-order valence-corrected chi connectivity index (χ2v) is 12.5. The molecule has 2 N–H and O–H groups in total. The molecule has 12 heteroatoms. The minimum absolute atomic E-state index is 0.0576. The molecule has 2 fully saturated rings. The largest absolute Gasteiger partial charge is 0.481 e. The summed E-state index contributed by atoms with van der Waals surface area (Å²) in [5.74, 6) is 0.627. The Morgan fingerprint density at radius 1 is 1.05 bits per heavy atom. The molecule has 0 saturated heterocycles. The van der Waals surface area contributed by atoms with Gasteiger partial charge in [-0.25, -0.2) is 9.97 Å². The van der Waals surface area contributed by atoms with Crippen LogP contribution in [0.25, 0.3) is 22.2 Å². The summed E-state index contributed by atoms with van der Waals surface area (Å²) < 4.78 is 31.6. The van der Waals surface area contributed by atoms with Crippen molar-refractivity contribution in [3.05, 3.63) is 40.4 Å². The number of aromatic nitrogens is 4. The van der Waals surface area contributed by atoms with E-state index in [2.05, 4.69) is 19.9 Å². The van der Waals surface area contributed by atoms with Crippen LogP contribution in [0.2, 0.25) is 0 Å². The Bertz CT molecular complexity index is 1440. The van der Waals surface area contributed by atoms with E-state index in [0.717, 1.165) is 49.6 Å². The molecule has 0 aromatic carbocycles. The topological polar surface area (TPSA) is 135 Å². The summed E-state index contributed by atoms with van der Waals surface area (Å²) in [5, 5.41) is 0.788. The molecular weight excluding hydrogens is 531 g/mol. The van der Waals surface area contributed by atoms with Crippen LogP contribution >= 0.6 is 7.60 Å². The van der Waals surface area contributed by atoms with Gasteiger partial charge in [0.1, 0.15) is 11.9 Å². The van der Waals surface area contributed by atoms with Crippen molar-refractivity contribution in [1.29, 1.82) is 0 Å². The fourth-order valence-corrected chi connectivity index (χ4v) is 7.76. The van der Waals surface area contributed by atoms with Gasteiger partial charge < -0.3 is 19.5 Å². The monoisotopic (exact) mass is 570 g/mol. The highest BCUT2D eigenvalue weighted by Gasteiger charge is 2.41. The van der Waals surface area contributed by atoms with Crippen molar-refractivity contribution in [2.45, 2.75) is 77.4 Å². The van der Waals surface area contributed by atoms with Crippen LogP contribution in [0.5, 0.6) is 5.88 Å². The van der Waals surface area contributed by atoms with Crippen LogP contribution in [0.1, 0.15) is 64.1 Å². The van der Waals surface area contributed by atoms with Crippen LogP contribution in [0.3, 0.4) is 0 Å². The van der Waals surface area contributed by atoms with Gasteiger partial charge in [0.2, 0.25) is 11.8 Å². The van der Waals surface area contributed by atoms with E-state index in [0.29, 0.717) is 48.2 Å². The van der Waals surface area contributed by atoms with Crippen LogP contribution in [0, 0.1) is 6.92 Å². The molecule has 5 rings (SSSR count). The van der Waals surface area contributed by atoms with E-state index in [-0.39, 0.29) is 23.6 Å². The second-order valence-electron chi connectivity index (χ2n) is 10.5. The summed E-state index contributed by atoms with van der Waals surface area (Å²) >= 11 is 0. The maximum atomic E-state index is 14.0. The minimum atomic E-state index is -3.20. The molecule has 0 unspecified atom stereocenters. The molecule has 3 aromatic rings. The van der Waals surface area contributed by atoms with Crippen molar-refractivity contribution in [3.8, 4) is 17.0 Å². The zero-order chi connectivity index (χ0) is 28.4. The molecule has 3 aromatic heterocycles. The van der Waals surface area contributed by atoms with E-state index in [1.807, 2.05) is 37.5 Å². The standard InChI is InChI=1S/C28H39N6O5P/c1-5-38-40(36,39-6-2)17-33(20-8-9-20)21-10-12-22(13-11-21)34-26-23(18(3)31-28(29)32-26)15-24(27(34)35)19-7-14-25(37-4)30-16-19/h7,14-16,20-22H,5-6,8-13,17H2,1-4H3,(H2,29,31,32). The fraction of sp³-hybridized carbons (Fsp3) is 0.571. The highest BCUT2D eigenvalue weighted by atomic mass is 31.2. The van der Waals surface area contributed by atoms with Gasteiger partial charge in [-0.15, -0.1) is 0 Å². The van der Waals surface area contributed by atoms with Crippen molar-refractivity contribution in [2.24, 2.45) is 0 Å². The maximum absolute atomic E-state index is 14.0. The van der Waals surface area contributed by atoms with Gasteiger partial charge in [-0.1, -0.05) is 0 Å². The molecule has 3 heterocycles. The van der Waals surface area contributed by atoms with Gasteiger partial charge in [0, 0.05) is 46.9 Å². The predicted octanol–water partition coefficient (Wildman–Crippen LogP) is 4.92. The number of pyridine rings is 2. The Morgan fingerprint density at radius 3 is 2.25 bits per heavy atom. The number of anilines is 1. The fourth-order valence-electron chi connectivity index (χ4n) is 5.87. The van der Waals surface area contributed by atoms with E-state index in [1.165, 1.54) is 0 Å². The molecule has 0 spiro atoms. The van der Waals surface area contributed by atoms with Crippen LogP contribution in [-0.2, 0) is 13.6 Å². The molecule has 216 valence electrons. The molecule has 40 heavy (non-hydrogen) atoms. The highest BCUT2D eigenvalue weighted by molar-refractivity contribution is 7.53. The normalized spacial score (nSPS) is 19.8. The third-order valence-corrected chi connectivity index (χ3v) is 9.84. The van der Waals surface area contributed by atoms with Gasteiger partial charge in [-0.05, 0) is 71.4 Å². The van der Waals surface area contributed by atoms with Crippen molar-refractivity contribution in [2.75, 3.05) is 32.3 Å². The van der Waals surface area contributed by atoms with Gasteiger partial charge in [-0.2, -0.15) is 4.98 Å². The zero-order valence-electron chi connectivity index (χ0n) is 23.7. The second kappa shape index (κ2) is 11.9. The number of nitrogens with zero attached hydrogens (tertiary/aromatic N) is 5. The Balaban J connectivity index is 1.46. The average Bonchev–Trinajstić information content (AvgIpc) is 3.78. The highest BCUT2D eigenvalue weighted by Crippen LogP contribution is 2.51. The first-order valence-electron chi connectivity index (χ1n) is 14.1. The van der Waals surface area contributed by atoms with Crippen LogP contribution in [0.4, 0.5) is 5.95 Å². The number of aryl methyl sites for hydroxylation is 1. The lowest BCUT2D eigenvalue weighted by Gasteiger charge is -2.38. The number of methoxy groups -OCH3 is 1. The van der Waals surface area contributed by atoms with Crippen molar-refractivity contribution < 1.29 is 18.3 Å². The summed E-state index contributed by atoms with van der Waals surface area (Å²) in [4.78, 5) is 29.6. The first kappa shape index (κ1) is 28.7. The quantitative estimate of drug-likeness (QED) is 0.316. The van der Waals surface area contributed by atoms with E-state index >= 15 is 0 Å². The van der Waals surface area contributed by atoms with Crippen molar-refractivity contribution >= 4 is 24.6 Å². The summed E-state index contributed by atoms with van der Waals surface area (Å²) in [6, 6.07) is 6.02. The molecule has 0 amide bonds. The number of hydrogen-bond acceptors (Lipinski definition) is 10. The first-order chi connectivity index (χ1) is 19.3. The molecule has 0 aliphatic heterocycles. The number of ether oxygens (including phenoxy) is 1. The lowest BCUT2D eigenvalue weighted by atomic mass is 9.89. The third-order valence-electron chi connectivity index (χ3n) is 7.86. The zero-order valence-corrected chi connectivity index (χ0v) is 24.6. The smallest absolute Gasteiger partial charge is 0.344 e. The van der Waals surface area contributed by atoms with E-state index in [1.54, 1.807) is 19.4 Å². The number of nitrogens with two attached hydrogens (primary N) is 1. The molecular formula is C28H39N6O5P. The Kier molecular flexibility index (Phi) is 8.56. The number of fused-ring (bicyclic) bond motifs is 1. The van der Waals surface area contributed by atoms with Gasteiger partial charge in [0.15, 0.2) is 0 Å². The van der Waals surface area contributed by atoms with Crippen molar-refractivity contribution in [1.82, 2.24) is 24.4 Å². The van der Waals surface area contributed by atoms with Crippen LogP contribution < -0.4 is 16.0 Å². The summed E-state index contributed by atoms with van der Waals surface area (Å²) in [6.07, 6.45) is 7.43. The SMILES string of the molecule is CCOP(=O)(CN(C1CC1)C1CCC(n2c(=O)c(-c3ccc(OC)nc3)cc3c(C)nc(N)nc32)CC1)OCC. The lowest BCUT2D eigenvalue weighted by molar-refractivity contribution is 0.129. The summed E-state index contributed by atoms with van der Waals surface area (Å²) in [7, 11) is -1.64. The van der Waals surface area contributed by atoms with E-state index < -0.39 is 7.60 Å². The van der Waals surface area contributed by atoms with Gasteiger partial charge in [0.25, 0.3) is 5.56 Å². The van der Waals surface area contributed by atoms with Crippen LogP contribution in [0.15, 0.2) is 29.2 Å². The molecule has 2 aliphatic carbocycles. The van der Waals surface area contributed by atoms with Crippen molar-refractivity contribution in [3.63, 3.8) is 0 Å². The van der Waals surface area contributed by atoms with Gasteiger partial charge in [0.05, 0.1) is 26.0 Å². The maximum Gasteiger partial charge on any atom is 0.344 e. The summed E-state index contributed by atoms with van der Waals surface area (Å²) in [5.41, 5.74) is 8.43. The predicted molar refractivity (Wildman–Crippen MR) is 155 cm³/mol. The molecule has 2 aliphatic rings. The minimum Gasteiger partial charge on any atom is -0.481 e. The van der Waals surface area contributed by atoms with Crippen LogP contribution in [-0.4, -0.2) is 63.1 Å². The molecule has 0 bridgehead atoms. The molecule has 11 nitrogen and oxygen atoms in total. The first-order valence-corrected chi connectivity index (χ1v) is 15.8. The molecule has 2 saturated carbocycles. The Hall–Kier alpha value is -2.85. The lowest BCUT2D eigenvalue weighted by Crippen LogP contribution is -2.42. The molecule has 0 radical (unpaired) electrons. The number of hydrogen-bond donors (Lipinski definition) is 1.